The van der Waals surface area contributed by atoms with Gasteiger partial charge in [-0.1, -0.05) is 42.5 Å². The van der Waals surface area contributed by atoms with Gasteiger partial charge in [0, 0.05) is 39.1 Å². The van der Waals surface area contributed by atoms with Crippen LogP contribution in [0.15, 0.2) is 121 Å². The summed E-state index contributed by atoms with van der Waals surface area (Å²) >= 11 is 1.80. The van der Waals surface area contributed by atoms with Crippen LogP contribution >= 0.6 is 11.3 Å². The number of nitrogens with zero attached hydrogens (tertiary/aromatic N) is 2. The predicted molar refractivity (Wildman–Crippen MR) is 154 cm³/mol. The van der Waals surface area contributed by atoms with E-state index in [2.05, 4.69) is 112 Å². The Morgan fingerprint density at radius 2 is 1.47 bits per heavy atom. The van der Waals surface area contributed by atoms with E-state index in [0.717, 1.165) is 5.56 Å². The minimum atomic E-state index is 1.14. The van der Waals surface area contributed by atoms with Gasteiger partial charge in [-0.05, 0) is 98.5 Å². The Labute approximate surface area is 211 Å². The lowest BCUT2D eigenvalue weighted by atomic mass is 9.92. The van der Waals surface area contributed by atoms with Crippen LogP contribution in [0.3, 0.4) is 0 Å². The van der Waals surface area contributed by atoms with Crippen molar-refractivity contribution in [2.24, 2.45) is 0 Å². The molecule has 0 saturated carbocycles. The molecular formula is C33H20N2S. The first-order valence-electron chi connectivity index (χ1n) is 12.1. The number of pyridine rings is 1. The predicted octanol–water partition coefficient (Wildman–Crippen LogP) is 9.37. The number of benzene rings is 5. The average molecular weight is 477 g/mol. The molecule has 0 aliphatic rings. The SMILES string of the molecule is c1ccc(-n2c3ccccc3c3cc4c(cc32)c(-c2cccnc2)cc2cc3sccc3cc24)cc1. The first-order chi connectivity index (χ1) is 17.8. The lowest BCUT2D eigenvalue weighted by Gasteiger charge is -2.13. The molecule has 3 heterocycles. The van der Waals surface area contributed by atoms with Gasteiger partial charge in [0.25, 0.3) is 0 Å². The molecule has 0 spiro atoms. The van der Waals surface area contributed by atoms with Crippen molar-refractivity contribution in [1.29, 1.82) is 0 Å². The normalized spacial score (nSPS) is 11.9. The van der Waals surface area contributed by atoms with Gasteiger partial charge in [-0.25, -0.2) is 0 Å². The second kappa shape index (κ2) is 7.51. The third-order valence-electron chi connectivity index (χ3n) is 7.30. The second-order valence-corrected chi connectivity index (χ2v) is 10.2. The Morgan fingerprint density at radius 1 is 0.583 bits per heavy atom. The smallest absolute Gasteiger partial charge is 0.0547 e. The third-order valence-corrected chi connectivity index (χ3v) is 8.18. The fourth-order valence-electron chi connectivity index (χ4n) is 5.69. The van der Waals surface area contributed by atoms with E-state index in [4.69, 9.17) is 0 Å². The molecule has 0 unspecified atom stereocenters. The molecule has 0 aliphatic carbocycles. The van der Waals surface area contributed by atoms with Crippen molar-refractivity contribution >= 4 is 64.8 Å². The molecule has 0 radical (unpaired) electrons. The van der Waals surface area contributed by atoms with Crippen molar-refractivity contribution in [3.63, 3.8) is 0 Å². The molecule has 0 N–H and O–H groups in total. The van der Waals surface area contributed by atoms with E-state index in [0.29, 0.717) is 0 Å². The van der Waals surface area contributed by atoms with Crippen molar-refractivity contribution < 1.29 is 0 Å². The van der Waals surface area contributed by atoms with Crippen LogP contribution in [-0.2, 0) is 0 Å². The first kappa shape index (κ1) is 19.8. The van der Waals surface area contributed by atoms with Gasteiger partial charge in [0.1, 0.15) is 0 Å². The van der Waals surface area contributed by atoms with Crippen LogP contribution < -0.4 is 0 Å². The number of thiophene rings is 1. The number of hydrogen-bond acceptors (Lipinski definition) is 2. The summed E-state index contributed by atoms with van der Waals surface area (Å²) in [5.41, 5.74) is 5.97. The summed E-state index contributed by atoms with van der Waals surface area (Å²) in [6.45, 7) is 0. The van der Waals surface area contributed by atoms with Gasteiger partial charge < -0.3 is 4.57 Å². The molecule has 0 atom stereocenters. The van der Waals surface area contributed by atoms with Gasteiger partial charge in [-0.15, -0.1) is 11.3 Å². The molecule has 36 heavy (non-hydrogen) atoms. The zero-order chi connectivity index (χ0) is 23.6. The van der Waals surface area contributed by atoms with E-state index < -0.39 is 0 Å². The monoisotopic (exact) mass is 476 g/mol. The van der Waals surface area contributed by atoms with E-state index in [1.54, 1.807) is 11.3 Å². The van der Waals surface area contributed by atoms with Crippen molar-refractivity contribution in [1.82, 2.24) is 9.55 Å². The van der Waals surface area contributed by atoms with Gasteiger partial charge in [0.05, 0.1) is 11.0 Å². The van der Waals surface area contributed by atoms with E-state index in [1.165, 1.54) is 64.7 Å². The molecule has 3 aromatic heterocycles. The third kappa shape index (κ3) is 2.81. The molecule has 8 rings (SSSR count). The number of para-hydroxylation sites is 2. The van der Waals surface area contributed by atoms with E-state index >= 15 is 0 Å². The van der Waals surface area contributed by atoms with Crippen molar-refractivity contribution in [3.8, 4) is 16.8 Å². The Bertz CT molecular complexity index is 2080. The van der Waals surface area contributed by atoms with Crippen LogP contribution in [0.5, 0.6) is 0 Å². The Kier molecular flexibility index (Phi) is 4.13. The molecule has 8 aromatic rings. The summed E-state index contributed by atoms with van der Waals surface area (Å²) in [6.07, 6.45) is 3.81. The highest BCUT2D eigenvalue weighted by Gasteiger charge is 2.17. The van der Waals surface area contributed by atoms with Gasteiger partial charge in [0.15, 0.2) is 0 Å². The second-order valence-electron chi connectivity index (χ2n) is 9.30. The zero-order valence-electron chi connectivity index (χ0n) is 19.3. The van der Waals surface area contributed by atoms with Crippen LogP contribution in [0.4, 0.5) is 0 Å². The van der Waals surface area contributed by atoms with Crippen LogP contribution in [0.25, 0.3) is 70.3 Å². The molecule has 0 aliphatic heterocycles. The highest BCUT2D eigenvalue weighted by Crippen LogP contribution is 2.42. The van der Waals surface area contributed by atoms with E-state index in [9.17, 15) is 0 Å². The van der Waals surface area contributed by atoms with Gasteiger partial charge in [0.2, 0.25) is 0 Å². The molecule has 168 valence electrons. The Balaban J connectivity index is 1.61. The molecular weight excluding hydrogens is 456 g/mol. The van der Waals surface area contributed by atoms with Crippen LogP contribution in [-0.4, -0.2) is 9.55 Å². The first-order valence-corrected chi connectivity index (χ1v) is 13.0. The van der Waals surface area contributed by atoms with Crippen LogP contribution in [0.2, 0.25) is 0 Å². The maximum Gasteiger partial charge on any atom is 0.0547 e. The number of rotatable bonds is 2. The summed E-state index contributed by atoms with van der Waals surface area (Å²) in [4.78, 5) is 4.45. The van der Waals surface area contributed by atoms with Crippen molar-refractivity contribution in [2.75, 3.05) is 0 Å². The minimum Gasteiger partial charge on any atom is -0.309 e. The molecule has 0 fully saturated rings. The summed E-state index contributed by atoms with van der Waals surface area (Å²) in [6, 6.07) is 37.6. The average Bonchev–Trinajstić information content (AvgIpc) is 3.53. The summed E-state index contributed by atoms with van der Waals surface area (Å²) in [5, 5.41) is 11.1. The highest BCUT2D eigenvalue weighted by atomic mass is 32.1. The van der Waals surface area contributed by atoms with E-state index in [-0.39, 0.29) is 0 Å². The lowest BCUT2D eigenvalue weighted by Crippen LogP contribution is -1.93. The minimum absolute atomic E-state index is 1.14. The molecule has 0 amide bonds. The summed E-state index contributed by atoms with van der Waals surface area (Å²) in [7, 11) is 0. The topological polar surface area (TPSA) is 17.8 Å². The van der Waals surface area contributed by atoms with Crippen LogP contribution in [0.1, 0.15) is 0 Å². The van der Waals surface area contributed by atoms with Crippen LogP contribution in [0, 0.1) is 0 Å². The fourth-order valence-corrected chi connectivity index (χ4v) is 6.51. The van der Waals surface area contributed by atoms with Gasteiger partial charge >= 0.3 is 0 Å². The molecule has 2 nitrogen and oxygen atoms in total. The van der Waals surface area contributed by atoms with Crippen molar-refractivity contribution in [3.05, 3.63) is 121 Å². The maximum absolute atomic E-state index is 4.45. The standard InChI is InChI=1S/C33H20N2S/c1-2-8-24(9-3-1)35-31-11-5-4-10-25(31)30-18-28-27-15-21-12-14-36-33(21)17-23(27)16-26(29(28)19-32(30)35)22-7-6-13-34-20-22/h1-20H. The zero-order valence-corrected chi connectivity index (χ0v) is 20.2. The van der Waals surface area contributed by atoms with Crippen molar-refractivity contribution in [2.45, 2.75) is 0 Å². The lowest BCUT2D eigenvalue weighted by molar-refractivity contribution is 1.18. The maximum atomic E-state index is 4.45. The number of hydrogen-bond donors (Lipinski definition) is 0. The molecule has 5 aromatic carbocycles. The number of fused-ring (bicyclic) bond motifs is 7. The highest BCUT2D eigenvalue weighted by molar-refractivity contribution is 7.17. The summed E-state index contributed by atoms with van der Waals surface area (Å²) < 4.78 is 3.71. The molecule has 0 saturated heterocycles. The Morgan fingerprint density at radius 3 is 2.36 bits per heavy atom. The molecule has 3 heteroatoms. The van der Waals surface area contributed by atoms with E-state index in [1.807, 2.05) is 18.5 Å². The quantitative estimate of drug-likeness (QED) is 0.227. The van der Waals surface area contributed by atoms with Gasteiger partial charge in [-0.2, -0.15) is 0 Å². The Hall–Kier alpha value is -4.47. The van der Waals surface area contributed by atoms with Gasteiger partial charge in [-0.3, -0.25) is 4.98 Å². The number of aromatic nitrogens is 2. The molecule has 0 bridgehead atoms. The fraction of sp³-hybridized carbons (Fsp3) is 0. The summed E-state index contributed by atoms with van der Waals surface area (Å²) in [5.74, 6) is 0. The largest absolute Gasteiger partial charge is 0.309 e.